The maximum absolute atomic E-state index is 6.45. The largest absolute Gasteiger partial charge is 0.370 e. The van der Waals surface area contributed by atoms with Gasteiger partial charge in [0.15, 0.2) is 0 Å². The van der Waals surface area contributed by atoms with Crippen molar-refractivity contribution in [3.63, 3.8) is 0 Å². The Morgan fingerprint density at radius 2 is 1.79 bits per heavy atom. The Morgan fingerprint density at radius 3 is 2.53 bits per heavy atom. The number of hydrogen-bond donors (Lipinski definition) is 0. The summed E-state index contributed by atoms with van der Waals surface area (Å²) in [7, 11) is 2.30. The third kappa shape index (κ3) is 3.19. The lowest BCUT2D eigenvalue weighted by atomic mass is 9.94. The number of ether oxygens (including phenoxy) is 1. The van der Waals surface area contributed by atoms with Crippen LogP contribution in [0.25, 0.3) is 0 Å². The third-order valence-electron chi connectivity index (χ3n) is 5.56. The SMILES string of the molecule is CN(CC1CCC2(CCCC2)O1)C1CCCCC1Br. The van der Waals surface area contributed by atoms with Gasteiger partial charge in [0.2, 0.25) is 0 Å². The van der Waals surface area contributed by atoms with Gasteiger partial charge in [0.25, 0.3) is 0 Å². The summed E-state index contributed by atoms with van der Waals surface area (Å²) < 4.78 is 6.45. The van der Waals surface area contributed by atoms with Crippen LogP contribution in [-0.4, -0.2) is 41.1 Å². The second-order valence-electron chi connectivity index (χ2n) is 6.98. The highest BCUT2D eigenvalue weighted by molar-refractivity contribution is 9.09. The van der Waals surface area contributed by atoms with Gasteiger partial charge in [0, 0.05) is 17.4 Å². The molecule has 1 aliphatic heterocycles. The fourth-order valence-electron chi connectivity index (χ4n) is 4.43. The van der Waals surface area contributed by atoms with Crippen molar-refractivity contribution in [2.75, 3.05) is 13.6 Å². The van der Waals surface area contributed by atoms with E-state index in [4.69, 9.17) is 4.74 Å². The van der Waals surface area contributed by atoms with E-state index < -0.39 is 0 Å². The number of likely N-dealkylation sites (N-methyl/N-ethyl adjacent to an activating group) is 1. The van der Waals surface area contributed by atoms with Crippen LogP contribution in [-0.2, 0) is 4.74 Å². The molecule has 3 aliphatic rings. The summed E-state index contributed by atoms with van der Waals surface area (Å²) in [6.45, 7) is 1.13. The molecule has 3 fully saturated rings. The minimum atomic E-state index is 0.297. The van der Waals surface area contributed by atoms with Gasteiger partial charge >= 0.3 is 0 Å². The maximum Gasteiger partial charge on any atom is 0.0710 e. The van der Waals surface area contributed by atoms with E-state index in [2.05, 4.69) is 27.9 Å². The van der Waals surface area contributed by atoms with Crippen molar-refractivity contribution in [3.05, 3.63) is 0 Å². The van der Waals surface area contributed by atoms with E-state index >= 15 is 0 Å². The van der Waals surface area contributed by atoms with Crippen LogP contribution in [0, 0.1) is 0 Å². The molecule has 19 heavy (non-hydrogen) atoms. The van der Waals surface area contributed by atoms with Crippen LogP contribution in [0.1, 0.15) is 64.2 Å². The molecule has 0 aromatic rings. The second-order valence-corrected chi connectivity index (χ2v) is 8.15. The minimum absolute atomic E-state index is 0.297. The molecule has 1 spiro atoms. The number of hydrogen-bond acceptors (Lipinski definition) is 2. The van der Waals surface area contributed by atoms with Gasteiger partial charge in [0.1, 0.15) is 0 Å². The van der Waals surface area contributed by atoms with Crippen LogP contribution >= 0.6 is 15.9 Å². The standard InChI is InChI=1S/C16H28BrNO/c1-18(15-7-3-2-6-14(15)17)12-13-8-11-16(19-13)9-4-5-10-16/h13-15H,2-12H2,1H3. The number of halogens is 1. The summed E-state index contributed by atoms with van der Waals surface area (Å²) in [5, 5.41) is 0. The van der Waals surface area contributed by atoms with Crippen LogP contribution in [0.15, 0.2) is 0 Å². The van der Waals surface area contributed by atoms with Crippen LogP contribution in [0.5, 0.6) is 0 Å². The highest BCUT2D eigenvalue weighted by Gasteiger charge is 2.42. The van der Waals surface area contributed by atoms with Gasteiger partial charge in [-0.1, -0.05) is 41.6 Å². The predicted octanol–water partition coefficient (Wildman–Crippen LogP) is 4.12. The summed E-state index contributed by atoms with van der Waals surface area (Å²) in [4.78, 5) is 3.25. The Bertz CT molecular complexity index is 303. The molecule has 3 unspecified atom stereocenters. The Kier molecular flexibility index (Phi) is 4.55. The average Bonchev–Trinajstić information content (AvgIpc) is 3.01. The quantitative estimate of drug-likeness (QED) is 0.722. The van der Waals surface area contributed by atoms with Crippen molar-refractivity contribution in [1.82, 2.24) is 4.90 Å². The molecule has 3 heteroatoms. The topological polar surface area (TPSA) is 12.5 Å². The second kappa shape index (κ2) is 6.03. The maximum atomic E-state index is 6.45. The Labute approximate surface area is 126 Å². The van der Waals surface area contributed by atoms with Gasteiger partial charge in [-0.15, -0.1) is 0 Å². The molecular weight excluding hydrogens is 302 g/mol. The molecule has 2 saturated carbocycles. The van der Waals surface area contributed by atoms with Crippen molar-refractivity contribution in [3.8, 4) is 0 Å². The van der Waals surface area contributed by atoms with Gasteiger partial charge in [-0.25, -0.2) is 0 Å². The zero-order valence-corrected chi connectivity index (χ0v) is 13.8. The zero-order chi connectivity index (χ0) is 13.3. The first-order valence-electron chi connectivity index (χ1n) is 8.21. The molecule has 0 aromatic heterocycles. The van der Waals surface area contributed by atoms with E-state index in [0.29, 0.717) is 16.5 Å². The molecule has 0 aromatic carbocycles. The van der Waals surface area contributed by atoms with Crippen LogP contribution < -0.4 is 0 Å². The van der Waals surface area contributed by atoms with Gasteiger partial charge < -0.3 is 4.74 Å². The molecule has 1 heterocycles. The summed E-state index contributed by atoms with van der Waals surface area (Å²) in [5.41, 5.74) is 0.297. The molecule has 110 valence electrons. The minimum Gasteiger partial charge on any atom is -0.370 e. The molecule has 1 saturated heterocycles. The Hall–Kier alpha value is 0.400. The lowest BCUT2D eigenvalue weighted by Gasteiger charge is -2.36. The fourth-order valence-corrected chi connectivity index (χ4v) is 5.42. The van der Waals surface area contributed by atoms with Crippen molar-refractivity contribution in [2.45, 2.75) is 86.8 Å². The zero-order valence-electron chi connectivity index (χ0n) is 12.2. The summed E-state index contributed by atoms with van der Waals surface area (Å²) in [6.07, 6.45) is 14.0. The van der Waals surface area contributed by atoms with Crippen LogP contribution in [0.3, 0.4) is 0 Å². The van der Waals surface area contributed by atoms with Crippen LogP contribution in [0.2, 0.25) is 0 Å². The molecule has 3 atom stereocenters. The Morgan fingerprint density at radius 1 is 1.05 bits per heavy atom. The van der Waals surface area contributed by atoms with E-state index in [1.54, 1.807) is 0 Å². The lowest BCUT2D eigenvalue weighted by Crippen LogP contribution is -2.44. The first kappa shape index (κ1) is 14.3. The van der Waals surface area contributed by atoms with Crippen molar-refractivity contribution in [1.29, 1.82) is 0 Å². The predicted molar refractivity (Wildman–Crippen MR) is 82.9 cm³/mol. The third-order valence-corrected chi connectivity index (χ3v) is 6.63. The fraction of sp³-hybridized carbons (Fsp3) is 1.00. The first-order chi connectivity index (χ1) is 9.19. The Balaban J connectivity index is 1.51. The number of nitrogens with zero attached hydrogens (tertiary/aromatic N) is 1. The summed E-state index contributed by atoms with van der Waals surface area (Å²) in [5.74, 6) is 0. The molecule has 0 bridgehead atoms. The average molecular weight is 330 g/mol. The van der Waals surface area contributed by atoms with Crippen molar-refractivity contribution >= 4 is 15.9 Å². The molecule has 0 N–H and O–H groups in total. The normalized spacial score (nSPS) is 38.4. The summed E-state index contributed by atoms with van der Waals surface area (Å²) >= 11 is 3.88. The monoisotopic (exact) mass is 329 g/mol. The van der Waals surface area contributed by atoms with Gasteiger partial charge in [-0.05, 0) is 45.6 Å². The number of alkyl halides is 1. The summed E-state index contributed by atoms with van der Waals surface area (Å²) in [6, 6.07) is 0.720. The smallest absolute Gasteiger partial charge is 0.0710 e. The highest BCUT2D eigenvalue weighted by Crippen LogP contribution is 2.43. The van der Waals surface area contributed by atoms with Crippen molar-refractivity contribution < 1.29 is 4.74 Å². The van der Waals surface area contributed by atoms with Crippen molar-refractivity contribution in [2.24, 2.45) is 0 Å². The van der Waals surface area contributed by atoms with Gasteiger partial charge in [-0.2, -0.15) is 0 Å². The number of rotatable bonds is 3. The van der Waals surface area contributed by atoms with E-state index in [-0.39, 0.29) is 0 Å². The lowest BCUT2D eigenvalue weighted by molar-refractivity contribution is -0.0493. The first-order valence-corrected chi connectivity index (χ1v) is 9.12. The van der Waals surface area contributed by atoms with Crippen LogP contribution in [0.4, 0.5) is 0 Å². The van der Waals surface area contributed by atoms with E-state index in [9.17, 15) is 0 Å². The molecular formula is C16H28BrNO. The van der Waals surface area contributed by atoms with Gasteiger partial charge in [0.05, 0.1) is 11.7 Å². The van der Waals surface area contributed by atoms with E-state index in [1.165, 1.54) is 64.2 Å². The highest BCUT2D eigenvalue weighted by atomic mass is 79.9. The molecule has 2 nitrogen and oxygen atoms in total. The van der Waals surface area contributed by atoms with E-state index in [0.717, 1.165) is 12.6 Å². The molecule has 2 aliphatic carbocycles. The molecule has 0 radical (unpaired) electrons. The molecule has 0 amide bonds. The van der Waals surface area contributed by atoms with E-state index in [1.807, 2.05) is 0 Å². The molecule has 3 rings (SSSR count). The van der Waals surface area contributed by atoms with Gasteiger partial charge in [-0.3, -0.25) is 4.90 Å².